The Hall–Kier alpha value is -0.610. The minimum Gasteiger partial charge on any atom is -0.373 e. The van der Waals surface area contributed by atoms with Crippen molar-refractivity contribution < 1.29 is 9.53 Å². The lowest BCUT2D eigenvalue weighted by atomic mass is 10.0. The Bertz CT molecular complexity index is 324. The quantitative estimate of drug-likeness (QED) is 0.830. The highest BCUT2D eigenvalue weighted by Crippen LogP contribution is 2.29. The van der Waals surface area contributed by atoms with Crippen molar-refractivity contribution in [2.45, 2.75) is 71.2 Å². The Kier molecular flexibility index (Phi) is 4.51. The predicted octanol–water partition coefficient (Wildman–Crippen LogP) is 2.14. The van der Waals surface area contributed by atoms with Gasteiger partial charge in [0.1, 0.15) is 0 Å². The Labute approximate surface area is 116 Å². The number of hydrogen-bond acceptors (Lipinski definition) is 3. The number of rotatable bonds is 5. The molecule has 4 heteroatoms. The summed E-state index contributed by atoms with van der Waals surface area (Å²) in [5.74, 6) is 0.688. The summed E-state index contributed by atoms with van der Waals surface area (Å²) < 4.78 is 5.85. The third-order valence-corrected chi connectivity index (χ3v) is 4.30. The molecule has 0 aromatic heterocycles. The molecule has 2 aliphatic rings. The zero-order chi connectivity index (χ0) is 14.0. The highest BCUT2D eigenvalue weighted by atomic mass is 16.5. The number of ether oxygens (including phenoxy) is 1. The van der Waals surface area contributed by atoms with Gasteiger partial charge in [-0.25, -0.2) is 0 Å². The van der Waals surface area contributed by atoms with Crippen LogP contribution in [0.5, 0.6) is 0 Å². The fourth-order valence-electron chi connectivity index (χ4n) is 3.25. The fourth-order valence-corrected chi connectivity index (χ4v) is 3.25. The van der Waals surface area contributed by atoms with Crippen LogP contribution in [0.3, 0.4) is 0 Å². The van der Waals surface area contributed by atoms with Crippen LogP contribution in [0, 0.1) is 5.92 Å². The first-order valence-electron chi connectivity index (χ1n) is 7.67. The van der Waals surface area contributed by atoms with Gasteiger partial charge in [-0.2, -0.15) is 0 Å². The van der Waals surface area contributed by atoms with Gasteiger partial charge in [0.05, 0.1) is 24.4 Å². The predicted molar refractivity (Wildman–Crippen MR) is 75.8 cm³/mol. The molecule has 0 aromatic rings. The average Bonchev–Trinajstić information content (AvgIpc) is 2.89. The molecule has 4 nitrogen and oxygen atoms in total. The lowest BCUT2D eigenvalue weighted by Gasteiger charge is -2.34. The van der Waals surface area contributed by atoms with Crippen LogP contribution >= 0.6 is 0 Å². The molecule has 0 bridgehead atoms. The number of nitrogens with one attached hydrogen (secondary N) is 1. The van der Waals surface area contributed by atoms with Crippen molar-refractivity contribution in [1.29, 1.82) is 0 Å². The van der Waals surface area contributed by atoms with Gasteiger partial charge < -0.3 is 9.64 Å². The molecule has 110 valence electrons. The Balaban J connectivity index is 2.08. The number of carbonyl (C=O) groups is 1. The van der Waals surface area contributed by atoms with E-state index in [-0.39, 0.29) is 23.7 Å². The second kappa shape index (κ2) is 5.80. The van der Waals surface area contributed by atoms with Crippen LogP contribution in [0.25, 0.3) is 0 Å². The maximum Gasteiger partial charge on any atom is 0.241 e. The normalized spacial score (nSPS) is 35.6. The second-order valence-corrected chi connectivity index (χ2v) is 6.56. The van der Waals surface area contributed by atoms with Gasteiger partial charge in [-0.1, -0.05) is 27.2 Å². The summed E-state index contributed by atoms with van der Waals surface area (Å²) >= 11 is 0. The van der Waals surface area contributed by atoms with Crippen molar-refractivity contribution >= 4 is 5.91 Å². The van der Waals surface area contributed by atoms with Gasteiger partial charge in [-0.3, -0.25) is 10.1 Å². The summed E-state index contributed by atoms with van der Waals surface area (Å²) in [4.78, 5) is 14.6. The number of hydrogen-bond donors (Lipinski definition) is 1. The van der Waals surface area contributed by atoms with Crippen molar-refractivity contribution in [2.75, 3.05) is 13.2 Å². The molecular weight excluding hydrogens is 240 g/mol. The Morgan fingerprint density at radius 2 is 2.26 bits per heavy atom. The fraction of sp³-hybridized carbons (Fsp3) is 0.933. The maximum absolute atomic E-state index is 12.5. The molecule has 2 saturated heterocycles. The van der Waals surface area contributed by atoms with Crippen LogP contribution in [-0.2, 0) is 9.53 Å². The minimum absolute atomic E-state index is 0.00223. The van der Waals surface area contributed by atoms with Crippen molar-refractivity contribution in [2.24, 2.45) is 5.92 Å². The highest BCUT2D eigenvalue weighted by Gasteiger charge is 2.43. The molecule has 3 unspecified atom stereocenters. The molecule has 1 N–H and O–H groups in total. The standard InChI is InChI=1S/C15H28N2O2/c1-5-7-12-14(18)17(13(16-12)11(2)3)10-15(4)8-6-9-19-15/h11-13,16H,5-10H2,1-4H3. The Morgan fingerprint density at radius 1 is 1.53 bits per heavy atom. The molecular formula is C15H28N2O2. The lowest BCUT2D eigenvalue weighted by Crippen LogP contribution is -2.48. The molecule has 1 amide bonds. The maximum atomic E-state index is 12.5. The van der Waals surface area contributed by atoms with Crippen LogP contribution in [0.15, 0.2) is 0 Å². The van der Waals surface area contributed by atoms with Crippen LogP contribution in [0.2, 0.25) is 0 Å². The van der Waals surface area contributed by atoms with E-state index in [4.69, 9.17) is 4.74 Å². The van der Waals surface area contributed by atoms with Gasteiger partial charge >= 0.3 is 0 Å². The average molecular weight is 268 g/mol. The van der Waals surface area contributed by atoms with E-state index >= 15 is 0 Å². The van der Waals surface area contributed by atoms with Crippen molar-refractivity contribution in [3.63, 3.8) is 0 Å². The van der Waals surface area contributed by atoms with E-state index in [1.54, 1.807) is 0 Å². The van der Waals surface area contributed by atoms with Gasteiger partial charge in [0, 0.05) is 6.61 Å². The summed E-state index contributed by atoms with van der Waals surface area (Å²) in [6.45, 7) is 10.2. The van der Waals surface area contributed by atoms with Crippen LogP contribution < -0.4 is 5.32 Å². The van der Waals surface area contributed by atoms with E-state index in [1.807, 2.05) is 4.90 Å². The molecule has 0 radical (unpaired) electrons. The first-order chi connectivity index (χ1) is 8.97. The van der Waals surface area contributed by atoms with E-state index < -0.39 is 0 Å². The summed E-state index contributed by atoms with van der Waals surface area (Å²) in [6.07, 6.45) is 4.29. The summed E-state index contributed by atoms with van der Waals surface area (Å²) in [5.41, 5.74) is -0.147. The van der Waals surface area contributed by atoms with Gasteiger partial charge in [0.25, 0.3) is 0 Å². The van der Waals surface area contributed by atoms with Gasteiger partial charge in [-0.15, -0.1) is 0 Å². The third kappa shape index (κ3) is 3.11. The summed E-state index contributed by atoms with van der Waals surface area (Å²) in [7, 11) is 0. The van der Waals surface area contributed by atoms with Gasteiger partial charge in [0.2, 0.25) is 5.91 Å². The monoisotopic (exact) mass is 268 g/mol. The zero-order valence-electron chi connectivity index (χ0n) is 12.7. The minimum atomic E-state index is -0.147. The topological polar surface area (TPSA) is 41.6 Å². The van der Waals surface area contributed by atoms with E-state index in [9.17, 15) is 4.79 Å². The molecule has 2 rings (SSSR count). The molecule has 0 aliphatic carbocycles. The van der Waals surface area contributed by atoms with E-state index in [1.165, 1.54) is 0 Å². The zero-order valence-corrected chi connectivity index (χ0v) is 12.7. The van der Waals surface area contributed by atoms with Crippen molar-refractivity contribution in [3.05, 3.63) is 0 Å². The van der Waals surface area contributed by atoms with Crippen molar-refractivity contribution in [3.8, 4) is 0 Å². The summed E-state index contributed by atoms with van der Waals surface area (Å²) in [6, 6.07) is 0.00223. The SMILES string of the molecule is CCCC1NC(C(C)C)N(CC2(C)CCCO2)C1=O. The van der Waals surface area contributed by atoms with E-state index in [0.29, 0.717) is 5.92 Å². The van der Waals surface area contributed by atoms with Gasteiger partial charge in [-0.05, 0) is 32.1 Å². The molecule has 19 heavy (non-hydrogen) atoms. The van der Waals surface area contributed by atoms with Crippen LogP contribution in [0.4, 0.5) is 0 Å². The lowest BCUT2D eigenvalue weighted by molar-refractivity contribution is -0.134. The Morgan fingerprint density at radius 3 is 2.79 bits per heavy atom. The van der Waals surface area contributed by atoms with Crippen LogP contribution in [0.1, 0.15) is 53.4 Å². The van der Waals surface area contributed by atoms with E-state index in [0.717, 1.165) is 38.8 Å². The summed E-state index contributed by atoms with van der Waals surface area (Å²) in [5, 5.41) is 3.50. The smallest absolute Gasteiger partial charge is 0.241 e. The molecule has 0 aromatic carbocycles. The van der Waals surface area contributed by atoms with Crippen molar-refractivity contribution in [1.82, 2.24) is 10.2 Å². The molecule has 3 atom stereocenters. The molecule has 0 spiro atoms. The molecule has 2 heterocycles. The van der Waals surface area contributed by atoms with E-state index in [2.05, 4.69) is 33.0 Å². The third-order valence-electron chi connectivity index (χ3n) is 4.30. The molecule has 2 fully saturated rings. The van der Waals surface area contributed by atoms with Gasteiger partial charge in [0.15, 0.2) is 0 Å². The highest BCUT2D eigenvalue weighted by molar-refractivity contribution is 5.84. The first kappa shape index (κ1) is 14.8. The second-order valence-electron chi connectivity index (χ2n) is 6.56. The van der Waals surface area contributed by atoms with Crippen LogP contribution in [-0.4, -0.2) is 41.8 Å². The number of carbonyl (C=O) groups excluding carboxylic acids is 1. The number of amides is 1. The molecule has 0 saturated carbocycles. The number of nitrogens with zero attached hydrogens (tertiary/aromatic N) is 1. The first-order valence-corrected chi connectivity index (χ1v) is 7.67. The largest absolute Gasteiger partial charge is 0.373 e. The molecule has 2 aliphatic heterocycles.